The smallest absolute Gasteiger partial charge is 0.310 e. The van der Waals surface area contributed by atoms with Gasteiger partial charge in [-0.2, -0.15) is 0 Å². The molecule has 1 aromatic heterocycles. The van der Waals surface area contributed by atoms with Crippen molar-refractivity contribution in [3.63, 3.8) is 0 Å². The van der Waals surface area contributed by atoms with E-state index in [4.69, 9.17) is 0 Å². The standard InChI is InChI=1S/C15H18O3S/c1-18-14(16)8-11-4-5-13(19-11)15(17)12-7-9-2-3-10(12)6-9/h4-5,9-10,12H,2-3,6-8H2,1H3. The van der Waals surface area contributed by atoms with Crippen LogP contribution < -0.4 is 0 Å². The molecule has 2 bridgehead atoms. The van der Waals surface area contributed by atoms with Gasteiger partial charge in [0.15, 0.2) is 5.78 Å². The van der Waals surface area contributed by atoms with Crippen molar-refractivity contribution in [2.75, 3.05) is 7.11 Å². The lowest BCUT2D eigenvalue weighted by Crippen LogP contribution is -2.20. The minimum Gasteiger partial charge on any atom is -0.469 e. The summed E-state index contributed by atoms with van der Waals surface area (Å²) < 4.78 is 4.65. The van der Waals surface area contributed by atoms with Crippen molar-refractivity contribution in [3.05, 3.63) is 21.9 Å². The summed E-state index contributed by atoms with van der Waals surface area (Å²) >= 11 is 1.45. The summed E-state index contributed by atoms with van der Waals surface area (Å²) in [4.78, 5) is 25.5. The Hall–Kier alpha value is -1.16. The first kappa shape index (κ1) is 12.9. The van der Waals surface area contributed by atoms with E-state index in [0.717, 1.165) is 22.1 Å². The van der Waals surface area contributed by atoms with Crippen LogP contribution in [0.25, 0.3) is 0 Å². The summed E-state index contributed by atoms with van der Waals surface area (Å²) in [5.41, 5.74) is 0. The van der Waals surface area contributed by atoms with Crippen molar-refractivity contribution < 1.29 is 14.3 Å². The third-order valence-corrected chi connectivity index (χ3v) is 5.63. The highest BCUT2D eigenvalue weighted by Gasteiger charge is 2.43. The van der Waals surface area contributed by atoms with E-state index in [0.29, 0.717) is 11.7 Å². The third-order valence-electron chi connectivity index (χ3n) is 4.53. The molecule has 0 aromatic carbocycles. The molecule has 3 atom stereocenters. The maximum Gasteiger partial charge on any atom is 0.310 e. The van der Waals surface area contributed by atoms with E-state index in [2.05, 4.69) is 4.74 Å². The molecule has 0 radical (unpaired) electrons. The predicted molar refractivity (Wildman–Crippen MR) is 73.3 cm³/mol. The Balaban J connectivity index is 1.69. The number of ether oxygens (including phenoxy) is 1. The fraction of sp³-hybridized carbons (Fsp3) is 0.600. The zero-order chi connectivity index (χ0) is 13.4. The Morgan fingerprint density at radius 3 is 2.79 bits per heavy atom. The van der Waals surface area contributed by atoms with Gasteiger partial charge < -0.3 is 4.74 Å². The molecule has 2 fully saturated rings. The number of hydrogen-bond acceptors (Lipinski definition) is 4. The van der Waals surface area contributed by atoms with Crippen molar-refractivity contribution in [3.8, 4) is 0 Å². The first-order valence-corrected chi connectivity index (χ1v) is 7.68. The summed E-state index contributed by atoms with van der Waals surface area (Å²) in [5, 5.41) is 0. The van der Waals surface area contributed by atoms with E-state index < -0.39 is 0 Å². The van der Waals surface area contributed by atoms with Crippen molar-refractivity contribution in [2.45, 2.75) is 32.1 Å². The highest BCUT2D eigenvalue weighted by molar-refractivity contribution is 7.14. The zero-order valence-corrected chi connectivity index (χ0v) is 11.9. The first-order valence-electron chi connectivity index (χ1n) is 6.87. The number of rotatable bonds is 4. The van der Waals surface area contributed by atoms with Crippen LogP contribution in [0.3, 0.4) is 0 Å². The lowest BCUT2D eigenvalue weighted by molar-refractivity contribution is -0.139. The maximum absolute atomic E-state index is 12.5. The minimum atomic E-state index is -0.249. The zero-order valence-electron chi connectivity index (χ0n) is 11.1. The van der Waals surface area contributed by atoms with Crippen LogP contribution in [0.15, 0.2) is 12.1 Å². The Kier molecular flexibility index (Phi) is 3.44. The molecule has 4 heteroatoms. The van der Waals surface area contributed by atoms with E-state index in [1.807, 2.05) is 12.1 Å². The molecule has 19 heavy (non-hydrogen) atoms. The Morgan fingerprint density at radius 2 is 2.16 bits per heavy atom. The van der Waals surface area contributed by atoms with Gasteiger partial charge in [-0.05, 0) is 43.2 Å². The number of thiophene rings is 1. The van der Waals surface area contributed by atoms with Crippen molar-refractivity contribution in [1.29, 1.82) is 0 Å². The van der Waals surface area contributed by atoms with Crippen LogP contribution in [0, 0.1) is 17.8 Å². The molecule has 0 saturated heterocycles. The molecule has 2 aliphatic carbocycles. The average molecular weight is 278 g/mol. The summed E-state index contributed by atoms with van der Waals surface area (Å²) in [6, 6.07) is 3.75. The van der Waals surface area contributed by atoms with Gasteiger partial charge in [0.2, 0.25) is 0 Å². The van der Waals surface area contributed by atoms with Crippen LogP contribution in [-0.2, 0) is 16.0 Å². The monoisotopic (exact) mass is 278 g/mol. The SMILES string of the molecule is COC(=O)Cc1ccc(C(=O)C2CC3CCC2C3)s1. The molecule has 2 aliphatic rings. The number of Topliss-reactive ketones (excluding diaryl/α,β-unsaturated/α-hetero) is 1. The average Bonchev–Trinajstić information content (AvgIpc) is 3.13. The van der Waals surface area contributed by atoms with Crippen LogP contribution >= 0.6 is 11.3 Å². The molecular formula is C15H18O3S. The van der Waals surface area contributed by atoms with Crippen LogP contribution in [-0.4, -0.2) is 18.9 Å². The minimum absolute atomic E-state index is 0.239. The van der Waals surface area contributed by atoms with Gasteiger partial charge in [0.05, 0.1) is 18.4 Å². The molecule has 0 aliphatic heterocycles. The van der Waals surface area contributed by atoms with Gasteiger partial charge in [-0.25, -0.2) is 0 Å². The molecule has 0 amide bonds. The third kappa shape index (κ3) is 2.46. The van der Waals surface area contributed by atoms with Crippen molar-refractivity contribution >= 4 is 23.1 Å². The molecule has 0 spiro atoms. The number of carbonyl (C=O) groups is 2. The lowest BCUT2D eigenvalue weighted by Gasteiger charge is -2.19. The maximum atomic E-state index is 12.5. The highest BCUT2D eigenvalue weighted by atomic mass is 32.1. The molecule has 3 nitrogen and oxygen atoms in total. The fourth-order valence-electron chi connectivity index (χ4n) is 3.57. The summed E-state index contributed by atoms with van der Waals surface area (Å²) in [7, 11) is 1.39. The molecular weight excluding hydrogens is 260 g/mol. The van der Waals surface area contributed by atoms with Gasteiger partial charge in [-0.1, -0.05) is 6.42 Å². The molecule has 3 rings (SSSR count). The molecule has 1 heterocycles. The lowest BCUT2D eigenvalue weighted by atomic mass is 9.85. The molecule has 1 aromatic rings. The second kappa shape index (κ2) is 5.08. The second-order valence-electron chi connectivity index (χ2n) is 5.66. The fourth-order valence-corrected chi connectivity index (χ4v) is 4.56. The van der Waals surface area contributed by atoms with Gasteiger partial charge in [0.25, 0.3) is 0 Å². The van der Waals surface area contributed by atoms with E-state index in [1.54, 1.807) is 0 Å². The topological polar surface area (TPSA) is 43.4 Å². The Bertz CT molecular complexity index is 505. The van der Waals surface area contributed by atoms with E-state index in [1.165, 1.54) is 37.7 Å². The number of fused-ring (bicyclic) bond motifs is 2. The summed E-state index contributed by atoms with van der Waals surface area (Å²) in [5.74, 6) is 1.69. The van der Waals surface area contributed by atoms with Gasteiger partial charge >= 0.3 is 5.97 Å². The largest absolute Gasteiger partial charge is 0.469 e. The normalized spacial score (nSPS) is 28.6. The predicted octanol–water partition coefficient (Wildman–Crippen LogP) is 3.08. The van der Waals surface area contributed by atoms with Crippen LogP contribution in [0.4, 0.5) is 0 Å². The summed E-state index contributed by atoms with van der Waals surface area (Å²) in [6.07, 6.45) is 5.13. The van der Waals surface area contributed by atoms with E-state index in [-0.39, 0.29) is 18.3 Å². The Labute approximate surface area is 117 Å². The molecule has 0 N–H and O–H groups in total. The van der Waals surface area contributed by atoms with E-state index in [9.17, 15) is 9.59 Å². The van der Waals surface area contributed by atoms with Crippen molar-refractivity contribution in [1.82, 2.24) is 0 Å². The number of methoxy groups -OCH3 is 1. The number of hydrogen-bond donors (Lipinski definition) is 0. The van der Waals surface area contributed by atoms with Gasteiger partial charge in [-0.3, -0.25) is 9.59 Å². The van der Waals surface area contributed by atoms with Gasteiger partial charge in [0.1, 0.15) is 0 Å². The van der Waals surface area contributed by atoms with Crippen LogP contribution in [0.2, 0.25) is 0 Å². The van der Waals surface area contributed by atoms with Crippen LogP contribution in [0.1, 0.15) is 40.2 Å². The number of esters is 1. The second-order valence-corrected chi connectivity index (χ2v) is 6.83. The molecule has 2 saturated carbocycles. The quantitative estimate of drug-likeness (QED) is 0.628. The van der Waals surface area contributed by atoms with Gasteiger partial charge in [0, 0.05) is 10.8 Å². The highest BCUT2D eigenvalue weighted by Crippen LogP contribution is 2.49. The first-order chi connectivity index (χ1) is 9.17. The Morgan fingerprint density at radius 1 is 1.32 bits per heavy atom. The summed E-state index contributed by atoms with van der Waals surface area (Å²) in [6.45, 7) is 0. The van der Waals surface area contributed by atoms with E-state index >= 15 is 0 Å². The number of ketones is 1. The van der Waals surface area contributed by atoms with Crippen molar-refractivity contribution in [2.24, 2.45) is 17.8 Å². The molecule has 102 valence electrons. The van der Waals surface area contributed by atoms with Crippen LogP contribution in [0.5, 0.6) is 0 Å². The number of carbonyl (C=O) groups excluding carboxylic acids is 2. The van der Waals surface area contributed by atoms with Gasteiger partial charge in [-0.15, -0.1) is 11.3 Å². The molecule has 3 unspecified atom stereocenters.